The van der Waals surface area contributed by atoms with Gasteiger partial charge in [0.1, 0.15) is 11.5 Å². The Balaban J connectivity index is 1.83. The lowest BCUT2D eigenvalue weighted by molar-refractivity contribution is 0.0303. The number of hydrogen-bond acceptors (Lipinski definition) is 6. The van der Waals surface area contributed by atoms with Crippen LogP contribution in [0.5, 0.6) is 11.5 Å². The predicted octanol–water partition coefficient (Wildman–Crippen LogP) is 4.12. The van der Waals surface area contributed by atoms with Crippen molar-refractivity contribution in [1.82, 2.24) is 9.88 Å². The number of morpholine rings is 1. The van der Waals surface area contributed by atoms with Crippen molar-refractivity contribution in [2.24, 2.45) is 0 Å². The van der Waals surface area contributed by atoms with Crippen molar-refractivity contribution in [3.8, 4) is 11.5 Å². The standard InChI is InChI=1S/C22H22ClN3O4/c1-28-19-12-20(29-2)18(11-16(19)23)25-21-14-5-3-4-6-17(14)24-13-15(21)22(27)26-7-9-30-10-8-26/h3-6,11-13H,7-10H2,1-2H3,(H,24,25). The number of methoxy groups -OCH3 is 2. The number of rotatable bonds is 5. The lowest BCUT2D eigenvalue weighted by Crippen LogP contribution is -2.41. The number of amides is 1. The molecular weight excluding hydrogens is 406 g/mol. The first-order chi connectivity index (χ1) is 14.6. The number of carbonyl (C=O) groups is 1. The molecule has 0 atom stereocenters. The largest absolute Gasteiger partial charge is 0.495 e. The van der Waals surface area contributed by atoms with E-state index >= 15 is 0 Å². The monoisotopic (exact) mass is 427 g/mol. The van der Waals surface area contributed by atoms with Gasteiger partial charge in [-0.1, -0.05) is 29.8 Å². The minimum absolute atomic E-state index is 0.0994. The van der Waals surface area contributed by atoms with E-state index in [1.807, 2.05) is 24.3 Å². The summed E-state index contributed by atoms with van der Waals surface area (Å²) >= 11 is 6.35. The SMILES string of the molecule is COc1cc(OC)c(Nc2c(C(=O)N3CCOCC3)cnc3ccccc23)cc1Cl. The first-order valence-corrected chi connectivity index (χ1v) is 9.93. The number of nitrogens with zero attached hydrogens (tertiary/aromatic N) is 2. The van der Waals surface area contributed by atoms with Crippen LogP contribution in [-0.2, 0) is 4.74 Å². The number of ether oxygens (including phenoxy) is 3. The van der Waals surface area contributed by atoms with Crippen LogP contribution in [0.25, 0.3) is 10.9 Å². The summed E-state index contributed by atoms with van der Waals surface area (Å²) in [5.74, 6) is 0.947. The zero-order valence-electron chi connectivity index (χ0n) is 16.8. The zero-order chi connectivity index (χ0) is 21.1. The summed E-state index contributed by atoms with van der Waals surface area (Å²) in [5, 5.41) is 4.62. The first-order valence-electron chi connectivity index (χ1n) is 9.55. The van der Waals surface area contributed by atoms with Gasteiger partial charge in [0.25, 0.3) is 5.91 Å². The number of nitrogens with one attached hydrogen (secondary N) is 1. The van der Waals surface area contributed by atoms with Gasteiger partial charge in [-0.15, -0.1) is 0 Å². The van der Waals surface area contributed by atoms with Crippen LogP contribution in [0.1, 0.15) is 10.4 Å². The van der Waals surface area contributed by atoms with Gasteiger partial charge >= 0.3 is 0 Å². The van der Waals surface area contributed by atoms with Crippen LogP contribution < -0.4 is 14.8 Å². The van der Waals surface area contributed by atoms with Crippen molar-refractivity contribution in [2.75, 3.05) is 45.8 Å². The summed E-state index contributed by atoms with van der Waals surface area (Å²) in [5.41, 5.74) is 2.52. The highest BCUT2D eigenvalue weighted by molar-refractivity contribution is 6.32. The number of aromatic nitrogens is 1. The Morgan fingerprint density at radius 1 is 1.13 bits per heavy atom. The van der Waals surface area contributed by atoms with E-state index in [1.165, 1.54) is 0 Å². The molecule has 0 saturated carbocycles. The van der Waals surface area contributed by atoms with Gasteiger partial charge in [0.15, 0.2) is 0 Å². The Kier molecular flexibility index (Phi) is 5.92. The minimum Gasteiger partial charge on any atom is -0.495 e. The molecule has 4 rings (SSSR count). The summed E-state index contributed by atoms with van der Waals surface area (Å²) in [6, 6.07) is 11.1. The van der Waals surface area contributed by atoms with Crippen LogP contribution in [0.2, 0.25) is 5.02 Å². The number of anilines is 2. The lowest BCUT2D eigenvalue weighted by atomic mass is 10.1. The number of para-hydroxylation sites is 1. The van der Waals surface area contributed by atoms with Crippen LogP contribution in [0, 0.1) is 0 Å². The fourth-order valence-corrected chi connectivity index (χ4v) is 3.71. The molecule has 1 amide bonds. The van der Waals surface area contributed by atoms with E-state index in [0.717, 1.165) is 10.9 Å². The molecule has 156 valence electrons. The third-order valence-electron chi connectivity index (χ3n) is 5.04. The molecule has 1 aliphatic heterocycles. The van der Waals surface area contributed by atoms with Crippen molar-refractivity contribution < 1.29 is 19.0 Å². The summed E-state index contributed by atoms with van der Waals surface area (Å²) in [4.78, 5) is 19.6. The van der Waals surface area contributed by atoms with Crippen molar-refractivity contribution in [3.63, 3.8) is 0 Å². The van der Waals surface area contributed by atoms with E-state index in [4.69, 9.17) is 25.8 Å². The van der Waals surface area contributed by atoms with Gasteiger partial charge in [0.2, 0.25) is 0 Å². The maximum Gasteiger partial charge on any atom is 0.257 e. The summed E-state index contributed by atoms with van der Waals surface area (Å²) in [6.45, 7) is 2.14. The second-order valence-electron chi connectivity index (χ2n) is 6.78. The maximum absolute atomic E-state index is 13.3. The quantitative estimate of drug-likeness (QED) is 0.660. The number of benzene rings is 2. The van der Waals surface area contributed by atoms with Crippen molar-refractivity contribution in [3.05, 3.63) is 53.2 Å². The second-order valence-corrected chi connectivity index (χ2v) is 7.19. The van der Waals surface area contributed by atoms with Crippen LogP contribution in [-0.4, -0.2) is 56.3 Å². The molecule has 7 nitrogen and oxygen atoms in total. The van der Waals surface area contributed by atoms with E-state index in [-0.39, 0.29) is 5.91 Å². The summed E-state index contributed by atoms with van der Waals surface area (Å²) in [6.07, 6.45) is 1.61. The van der Waals surface area contributed by atoms with Gasteiger partial charge in [-0.2, -0.15) is 0 Å². The van der Waals surface area contributed by atoms with Gasteiger partial charge < -0.3 is 24.4 Å². The normalized spacial score (nSPS) is 13.9. The molecule has 0 aliphatic carbocycles. The van der Waals surface area contributed by atoms with Gasteiger partial charge in [-0.3, -0.25) is 9.78 Å². The first kappa shape index (κ1) is 20.3. The fraction of sp³-hybridized carbons (Fsp3) is 0.273. The van der Waals surface area contributed by atoms with E-state index in [1.54, 1.807) is 37.4 Å². The predicted molar refractivity (Wildman–Crippen MR) is 116 cm³/mol. The molecule has 30 heavy (non-hydrogen) atoms. The zero-order valence-corrected chi connectivity index (χ0v) is 17.5. The van der Waals surface area contributed by atoms with Gasteiger partial charge in [0.05, 0.1) is 54.9 Å². The van der Waals surface area contributed by atoms with E-state index in [9.17, 15) is 4.79 Å². The molecule has 0 unspecified atom stereocenters. The summed E-state index contributed by atoms with van der Waals surface area (Å²) in [7, 11) is 3.11. The molecule has 3 aromatic rings. The minimum atomic E-state index is -0.0994. The van der Waals surface area contributed by atoms with Gasteiger partial charge in [-0.25, -0.2) is 0 Å². The average molecular weight is 428 g/mol. The third kappa shape index (κ3) is 3.86. The highest BCUT2D eigenvalue weighted by Crippen LogP contribution is 2.39. The van der Waals surface area contributed by atoms with Crippen molar-refractivity contribution >= 4 is 39.8 Å². The van der Waals surface area contributed by atoms with Crippen molar-refractivity contribution in [1.29, 1.82) is 0 Å². The fourth-order valence-electron chi connectivity index (χ4n) is 3.47. The molecule has 1 aromatic heterocycles. The molecule has 0 spiro atoms. The van der Waals surface area contributed by atoms with Crippen LogP contribution >= 0.6 is 11.6 Å². The molecule has 0 bridgehead atoms. The number of hydrogen-bond donors (Lipinski definition) is 1. The van der Waals surface area contributed by atoms with Crippen LogP contribution in [0.3, 0.4) is 0 Å². The Hall–Kier alpha value is -3.03. The Morgan fingerprint density at radius 3 is 2.60 bits per heavy atom. The van der Waals surface area contributed by atoms with Crippen LogP contribution in [0.15, 0.2) is 42.6 Å². The molecule has 2 heterocycles. The highest BCUT2D eigenvalue weighted by atomic mass is 35.5. The number of carbonyl (C=O) groups excluding carboxylic acids is 1. The van der Waals surface area contributed by atoms with Crippen LogP contribution in [0.4, 0.5) is 11.4 Å². The molecule has 1 aliphatic rings. The maximum atomic E-state index is 13.3. The average Bonchev–Trinajstić information content (AvgIpc) is 2.79. The van der Waals surface area contributed by atoms with E-state index in [0.29, 0.717) is 59.8 Å². The molecule has 1 fully saturated rings. The number of fused-ring (bicyclic) bond motifs is 1. The smallest absolute Gasteiger partial charge is 0.257 e. The van der Waals surface area contributed by atoms with Crippen molar-refractivity contribution in [2.45, 2.75) is 0 Å². The second kappa shape index (κ2) is 8.77. The molecular formula is C22H22ClN3O4. The Bertz CT molecular complexity index is 1080. The molecule has 1 saturated heterocycles. The van der Waals surface area contributed by atoms with E-state index in [2.05, 4.69) is 10.3 Å². The highest BCUT2D eigenvalue weighted by Gasteiger charge is 2.24. The molecule has 0 radical (unpaired) electrons. The van der Waals surface area contributed by atoms with Gasteiger partial charge in [0, 0.05) is 30.7 Å². The molecule has 2 aromatic carbocycles. The Labute approximate surface area is 179 Å². The third-order valence-corrected chi connectivity index (χ3v) is 5.33. The van der Waals surface area contributed by atoms with Gasteiger partial charge in [-0.05, 0) is 12.1 Å². The molecule has 8 heteroatoms. The van der Waals surface area contributed by atoms with E-state index < -0.39 is 0 Å². The Morgan fingerprint density at radius 2 is 1.87 bits per heavy atom. The topological polar surface area (TPSA) is 72.9 Å². The number of halogens is 1. The lowest BCUT2D eigenvalue weighted by Gasteiger charge is -2.28. The number of pyridine rings is 1. The molecule has 1 N–H and O–H groups in total. The summed E-state index contributed by atoms with van der Waals surface area (Å²) < 4.78 is 16.2.